The largest absolute Gasteiger partial charge is 0.265 e. The maximum Gasteiger partial charge on any atom is 0.265 e. The lowest BCUT2D eigenvalue weighted by molar-refractivity contribution is 0.600. The number of aromatic nitrogens is 4. The molecule has 2 aromatic rings. The summed E-state index contributed by atoms with van der Waals surface area (Å²) in [5, 5.41) is 7.99. The third-order valence-corrected chi connectivity index (χ3v) is 4.28. The SMILES string of the molecule is CCc1nnc(NS(=O)(=O)c2ccc(Cl)nc2)nc1CC. The maximum absolute atomic E-state index is 12.2. The Morgan fingerprint density at radius 1 is 1.14 bits per heavy atom. The van der Waals surface area contributed by atoms with E-state index in [1.54, 1.807) is 0 Å². The van der Waals surface area contributed by atoms with E-state index in [0.717, 1.165) is 11.4 Å². The first-order chi connectivity index (χ1) is 9.96. The van der Waals surface area contributed by atoms with Gasteiger partial charge in [0.1, 0.15) is 10.0 Å². The lowest BCUT2D eigenvalue weighted by Gasteiger charge is -2.08. The van der Waals surface area contributed by atoms with Crippen LogP contribution in [-0.4, -0.2) is 28.6 Å². The van der Waals surface area contributed by atoms with Crippen LogP contribution in [0.5, 0.6) is 0 Å². The number of nitrogens with one attached hydrogen (secondary N) is 1. The summed E-state index contributed by atoms with van der Waals surface area (Å²) >= 11 is 5.63. The van der Waals surface area contributed by atoms with E-state index < -0.39 is 10.0 Å². The molecule has 0 atom stereocenters. The Morgan fingerprint density at radius 3 is 2.43 bits per heavy atom. The highest BCUT2D eigenvalue weighted by molar-refractivity contribution is 7.92. The monoisotopic (exact) mass is 327 g/mol. The van der Waals surface area contributed by atoms with E-state index in [1.807, 2.05) is 13.8 Å². The van der Waals surface area contributed by atoms with Gasteiger partial charge in [0.25, 0.3) is 16.0 Å². The number of pyridine rings is 1. The summed E-state index contributed by atoms with van der Waals surface area (Å²) in [5.41, 5.74) is 1.48. The number of aryl methyl sites for hydroxylation is 2. The lowest BCUT2D eigenvalue weighted by Crippen LogP contribution is -2.17. The van der Waals surface area contributed by atoms with Gasteiger partial charge in [-0.15, -0.1) is 10.2 Å². The van der Waals surface area contributed by atoms with Gasteiger partial charge in [-0.3, -0.25) is 0 Å². The number of hydrogen-bond donors (Lipinski definition) is 1. The van der Waals surface area contributed by atoms with Crippen molar-refractivity contribution in [3.63, 3.8) is 0 Å². The van der Waals surface area contributed by atoms with Crippen LogP contribution in [0.15, 0.2) is 23.2 Å². The molecule has 21 heavy (non-hydrogen) atoms. The molecule has 0 bridgehead atoms. The number of hydrogen-bond acceptors (Lipinski definition) is 6. The van der Waals surface area contributed by atoms with Crippen LogP contribution >= 0.6 is 11.6 Å². The maximum atomic E-state index is 12.2. The van der Waals surface area contributed by atoms with Gasteiger partial charge in [0.05, 0.1) is 11.4 Å². The van der Waals surface area contributed by atoms with E-state index in [0.29, 0.717) is 12.8 Å². The first-order valence-electron chi connectivity index (χ1n) is 6.33. The molecule has 0 unspecified atom stereocenters. The number of nitrogens with zero attached hydrogens (tertiary/aromatic N) is 4. The average Bonchev–Trinajstić information content (AvgIpc) is 2.47. The normalized spacial score (nSPS) is 11.4. The molecule has 0 radical (unpaired) electrons. The van der Waals surface area contributed by atoms with E-state index in [9.17, 15) is 8.42 Å². The molecular weight excluding hydrogens is 314 g/mol. The molecule has 0 spiro atoms. The fourth-order valence-corrected chi connectivity index (χ4v) is 2.68. The fraction of sp³-hybridized carbons (Fsp3) is 0.333. The zero-order valence-electron chi connectivity index (χ0n) is 11.5. The topological polar surface area (TPSA) is 97.7 Å². The number of sulfonamides is 1. The van der Waals surface area contributed by atoms with Crippen LogP contribution in [-0.2, 0) is 22.9 Å². The molecule has 7 nitrogen and oxygen atoms in total. The minimum Gasteiger partial charge on any atom is -0.246 e. The molecule has 0 aromatic carbocycles. The highest BCUT2D eigenvalue weighted by Gasteiger charge is 2.17. The zero-order chi connectivity index (χ0) is 15.5. The summed E-state index contributed by atoms with van der Waals surface area (Å²) < 4.78 is 26.6. The smallest absolute Gasteiger partial charge is 0.246 e. The number of anilines is 1. The van der Waals surface area contributed by atoms with Crippen molar-refractivity contribution in [1.29, 1.82) is 0 Å². The molecule has 2 heterocycles. The van der Waals surface area contributed by atoms with Crippen molar-refractivity contribution in [2.24, 2.45) is 0 Å². The zero-order valence-corrected chi connectivity index (χ0v) is 13.1. The van der Waals surface area contributed by atoms with Crippen molar-refractivity contribution in [2.45, 2.75) is 31.6 Å². The highest BCUT2D eigenvalue weighted by Crippen LogP contribution is 2.15. The summed E-state index contributed by atoms with van der Waals surface area (Å²) in [4.78, 5) is 7.90. The first kappa shape index (κ1) is 15.6. The summed E-state index contributed by atoms with van der Waals surface area (Å²) in [6.07, 6.45) is 2.51. The third kappa shape index (κ3) is 3.64. The Bertz CT molecular complexity index is 734. The molecule has 0 fully saturated rings. The second kappa shape index (κ2) is 6.31. The van der Waals surface area contributed by atoms with E-state index in [1.165, 1.54) is 18.3 Å². The summed E-state index contributed by atoms with van der Waals surface area (Å²) in [7, 11) is -3.81. The molecule has 0 aliphatic rings. The number of halogens is 1. The molecular formula is C12H14ClN5O2S. The van der Waals surface area contributed by atoms with Crippen LogP contribution in [0.1, 0.15) is 25.2 Å². The van der Waals surface area contributed by atoms with Crippen LogP contribution in [0.3, 0.4) is 0 Å². The summed E-state index contributed by atoms with van der Waals surface area (Å²) in [6, 6.07) is 2.75. The molecule has 112 valence electrons. The molecule has 1 N–H and O–H groups in total. The summed E-state index contributed by atoms with van der Waals surface area (Å²) in [5.74, 6) is -0.0565. The van der Waals surface area contributed by atoms with E-state index in [-0.39, 0.29) is 16.0 Å². The Hall–Kier alpha value is -1.80. The van der Waals surface area contributed by atoms with E-state index in [4.69, 9.17) is 11.6 Å². The van der Waals surface area contributed by atoms with Crippen molar-refractivity contribution < 1.29 is 8.42 Å². The second-order valence-corrected chi connectivity index (χ2v) is 6.23. The van der Waals surface area contributed by atoms with Gasteiger partial charge in [0, 0.05) is 6.20 Å². The summed E-state index contributed by atoms with van der Waals surface area (Å²) in [6.45, 7) is 3.86. The minimum atomic E-state index is -3.81. The van der Waals surface area contributed by atoms with Gasteiger partial charge >= 0.3 is 0 Å². The molecule has 0 aliphatic carbocycles. The number of rotatable bonds is 5. The van der Waals surface area contributed by atoms with Crippen molar-refractivity contribution in [2.75, 3.05) is 4.72 Å². The average molecular weight is 328 g/mol. The van der Waals surface area contributed by atoms with E-state index in [2.05, 4.69) is 24.9 Å². The predicted molar refractivity (Wildman–Crippen MR) is 78.6 cm³/mol. The molecule has 2 rings (SSSR count). The standard InChI is InChI=1S/C12H14ClN5O2S/c1-3-9-10(4-2)16-17-12(15-9)18-21(19,20)8-5-6-11(13)14-7-8/h5-7H,3-4H2,1-2H3,(H,15,17,18). The van der Waals surface area contributed by atoms with Crippen molar-refractivity contribution in [1.82, 2.24) is 20.2 Å². The highest BCUT2D eigenvalue weighted by atomic mass is 35.5. The Labute approximate surface area is 127 Å². The van der Waals surface area contributed by atoms with E-state index >= 15 is 0 Å². The van der Waals surface area contributed by atoms with Gasteiger partial charge in [0.15, 0.2) is 0 Å². The van der Waals surface area contributed by atoms with Crippen molar-refractivity contribution in [3.05, 3.63) is 34.9 Å². The fourth-order valence-electron chi connectivity index (χ4n) is 1.68. The van der Waals surface area contributed by atoms with Crippen LogP contribution in [0.4, 0.5) is 5.95 Å². The van der Waals surface area contributed by atoms with Crippen LogP contribution in [0, 0.1) is 0 Å². The molecule has 0 amide bonds. The molecule has 0 saturated heterocycles. The van der Waals surface area contributed by atoms with Gasteiger partial charge in [-0.1, -0.05) is 25.4 Å². The Morgan fingerprint density at radius 2 is 1.86 bits per heavy atom. The first-order valence-corrected chi connectivity index (χ1v) is 8.19. The van der Waals surface area contributed by atoms with Gasteiger partial charge in [0.2, 0.25) is 0 Å². The van der Waals surface area contributed by atoms with Crippen LogP contribution in [0.2, 0.25) is 5.15 Å². The molecule has 9 heteroatoms. The molecule has 0 aliphatic heterocycles. The minimum absolute atomic E-state index is 0.0203. The molecule has 0 saturated carbocycles. The van der Waals surface area contributed by atoms with Gasteiger partial charge in [-0.05, 0) is 25.0 Å². The Kier molecular flexibility index (Phi) is 4.69. The molecule has 2 aromatic heterocycles. The predicted octanol–water partition coefficient (Wildman–Crippen LogP) is 1.85. The van der Waals surface area contributed by atoms with Gasteiger partial charge in [-0.25, -0.2) is 23.1 Å². The van der Waals surface area contributed by atoms with Gasteiger partial charge < -0.3 is 0 Å². The van der Waals surface area contributed by atoms with Gasteiger partial charge in [-0.2, -0.15) is 0 Å². The third-order valence-electron chi connectivity index (χ3n) is 2.75. The second-order valence-electron chi connectivity index (χ2n) is 4.16. The van der Waals surface area contributed by atoms with Crippen molar-refractivity contribution >= 4 is 27.6 Å². The Balaban J connectivity index is 2.30. The quantitative estimate of drug-likeness (QED) is 0.841. The van der Waals surface area contributed by atoms with Crippen LogP contribution < -0.4 is 4.72 Å². The van der Waals surface area contributed by atoms with Crippen LogP contribution in [0.25, 0.3) is 0 Å². The van der Waals surface area contributed by atoms with Crippen molar-refractivity contribution in [3.8, 4) is 0 Å². The lowest BCUT2D eigenvalue weighted by atomic mass is 10.2.